The monoisotopic (exact) mass is 186 g/mol. The van der Waals surface area contributed by atoms with Crippen LogP contribution < -0.4 is 0 Å². The molecule has 0 aliphatic carbocycles. The van der Waals surface area contributed by atoms with Gasteiger partial charge in [-0.1, -0.05) is 27.7 Å². The van der Waals surface area contributed by atoms with Crippen LogP contribution in [-0.2, 0) is 4.79 Å². The van der Waals surface area contributed by atoms with Crippen molar-refractivity contribution in [2.75, 3.05) is 0 Å². The van der Waals surface area contributed by atoms with Gasteiger partial charge in [0.25, 0.3) is 0 Å². The molecule has 2 heteroatoms. The van der Waals surface area contributed by atoms with Crippen LogP contribution in [0.5, 0.6) is 0 Å². The first-order valence-corrected chi connectivity index (χ1v) is 5.20. The van der Waals surface area contributed by atoms with Gasteiger partial charge in [0, 0.05) is 0 Å². The van der Waals surface area contributed by atoms with Crippen LogP contribution in [0.3, 0.4) is 0 Å². The van der Waals surface area contributed by atoms with Crippen LogP contribution in [0.15, 0.2) is 0 Å². The minimum absolute atomic E-state index is 0.145. The fourth-order valence-electron chi connectivity index (χ4n) is 1.83. The van der Waals surface area contributed by atoms with E-state index >= 15 is 0 Å². The van der Waals surface area contributed by atoms with Crippen LogP contribution in [-0.4, -0.2) is 11.1 Å². The van der Waals surface area contributed by atoms with Crippen LogP contribution in [0.25, 0.3) is 0 Å². The molecule has 0 amide bonds. The fourth-order valence-corrected chi connectivity index (χ4v) is 1.83. The molecule has 0 aliphatic heterocycles. The second kappa shape index (κ2) is 6.01. The summed E-state index contributed by atoms with van der Waals surface area (Å²) in [7, 11) is 0. The van der Waals surface area contributed by atoms with E-state index in [1.807, 2.05) is 6.92 Å². The van der Waals surface area contributed by atoms with Crippen LogP contribution in [0.1, 0.15) is 47.0 Å². The first kappa shape index (κ1) is 12.5. The van der Waals surface area contributed by atoms with E-state index < -0.39 is 5.97 Å². The summed E-state index contributed by atoms with van der Waals surface area (Å²) in [6.45, 7) is 8.45. The zero-order valence-corrected chi connectivity index (χ0v) is 9.21. The average molecular weight is 186 g/mol. The molecule has 78 valence electrons. The molecular formula is C11H22O2. The molecule has 0 aromatic carbocycles. The maximum atomic E-state index is 10.8. The Kier molecular flexibility index (Phi) is 5.76. The van der Waals surface area contributed by atoms with Crippen molar-refractivity contribution in [2.24, 2.45) is 17.8 Å². The average Bonchev–Trinajstić information content (AvgIpc) is 1.98. The lowest BCUT2D eigenvalue weighted by molar-refractivity contribution is -0.142. The Morgan fingerprint density at radius 3 is 2.08 bits per heavy atom. The molecule has 0 radical (unpaired) electrons. The highest BCUT2D eigenvalue weighted by atomic mass is 16.4. The van der Waals surface area contributed by atoms with Crippen molar-refractivity contribution in [3.05, 3.63) is 0 Å². The van der Waals surface area contributed by atoms with E-state index in [1.54, 1.807) is 0 Å². The summed E-state index contributed by atoms with van der Waals surface area (Å²) in [5.41, 5.74) is 0. The Balaban J connectivity index is 3.86. The second-order valence-corrected chi connectivity index (χ2v) is 4.41. The normalized spacial score (nSPS) is 15.8. The summed E-state index contributed by atoms with van der Waals surface area (Å²) in [6.07, 6.45) is 2.70. The van der Waals surface area contributed by atoms with Gasteiger partial charge in [-0.25, -0.2) is 0 Å². The predicted molar refractivity (Wildman–Crippen MR) is 54.7 cm³/mol. The van der Waals surface area contributed by atoms with Crippen molar-refractivity contribution in [2.45, 2.75) is 47.0 Å². The summed E-state index contributed by atoms with van der Waals surface area (Å²) in [5, 5.41) is 8.86. The van der Waals surface area contributed by atoms with Crippen molar-refractivity contribution >= 4 is 5.97 Å². The predicted octanol–water partition coefficient (Wildman–Crippen LogP) is 3.17. The van der Waals surface area contributed by atoms with Crippen LogP contribution in [0.4, 0.5) is 0 Å². The van der Waals surface area contributed by atoms with Crippen molar-refractivity contribution in [3.63, 3.8) is 0 Å². The van der Waals surface area contributed by atoms with Crippen molar-refractivity contribution in [1.29, 1.82) is 0 Å². The molecular weight excluding hydrogens is 164 g/mol. The molecule has 0 aliphatic rings. The molecule has 0 rings (SSSR count). The summed E-state index contributed by atoms with van der Waals surface area (Å²) in [4.78, 5) is 10.8. The van der Waals surface area contributed by atoms with Crippen molar-refractivity contribution < 1.29 is 9.90 Å². The Labute approximate surface area is 81.3 Å². The molecule has 2 unspecified atom stereocenters. The van der Waals surface area contributed by atoms with E-state index in [0.29, 0.717) is 11.8 Å². The van der Waals surface area contributed by atoms with E-state index in [0.717, 1.165) is 19.3 Å². The molecule has 1 N–H and O–H groups in total. The summed E-state index contributed by atoms with van der Waals surface area (Å²) in [6, 6.07) is 0. The quantitative estimate of drug-likeness (QED) is 0.691. The minimum Gasteiger partial charge on any atom is -0.481 e. The molecule has 0 heterocycles. The topological polar surface area (TPSA) is 37.3 Å². The van der Waals surface area contributed by atoms with Gasteiger partial charge in [-0.15, -0.1) is 0 Å². The van der Waals surface area contributed by atoms with Gasteiger partial charge in [-0.05, 0) is 31.1 Å². The smallest absolute Gasteiger partial charge is 0.306 e. The third kappa shape index (κ3) is 5.67. The Bertz CT molecular complexity index is 152. The van der Waals surface area contributed by atoms with E-state index in [2.05, 4.69) is 20.8 Å². The number of carboxylic acids is 1. The third-order valence-electron chi connectivity index (χ3n) is 2.40. The van der Waals surface area contributed by atoms with E-state index in [1.165, 1.54) is 0 Å². The summed E-state index contributed by atoms with van der Waals surface area (Å²) >= 11 is 0. The minimum atomic E-state index is -0.641. The SMILES string of the molecule is CCC(CC(C)CC(C)C)C(=O)O. The molecule has 2 nitrogen and oxygen atoms in total. The lowest BCUT2D eigenvalue weighted by Gasteiger charge is -2.17. The molecule has 0 aromatic rings. The Morgan fingerprint density at radius 1 is 1.23 bits per heavy atom. The van der Waals surface area contributed by atoms with Crippen LogP contribution in [0.2, 0.25) is 0 Å². The zero-order valence-electron chi connectivity index (χ0n) is 9.21. The number of carboxylic acid groups (broad SMARTS) is 1. The molecule has 0 saturated carbocycles. The zero-order chi connectivity index (χ0) is 10.4. The summed E-state index contributed by atoms with van der Waals surface area (Å²) < 4.78 is 0. The van der Waals surface area contributed by atoms with E-state index in [-0.39, 0.29) is 5.92 Å². The van der Waals surface area contributed by atoms with E-state index in [4.69, 9.17) is 5.11 Å². The molecule has 0 fully saturated rings. The largest absolute Gasteiger partial charge is 0.481 e. The lowest BCUT2D eigenvalue weighted by Crippen LogP contribution is -2.16. The van der Waals surface area contributed by atoms with Crippen molar-refractivity contribution in [1.82, 2.24) is 0 Å². The van der Waals surface area contributed by atoms with Gasteiger partial charge in [0.05, 0.1) is 5.92 Å². The highest BCUT2D eigenvalue weighted by Gasteiger charge is 2.18. The number of hydrogen-bond donors (Lipinski definition) is 1. The molecule has 0 saturated heterocycles. The van der Waals surface area contributed by atoms with Crippen LogP contribution >= 0.6 is 0 Å². The highest BCUT2D eigenvalue weighted by molar-refractivity contribution is 5.69. The van der Waals surface area contributed by atoms with E-state index in [9.17, 15) is 4.79 Å². The Hall–Kier alpha value is -0.530. The number of carbonyl (C=O) groups is 1. The third-order valence-corrected chi connectivity index (χ3v) is 2.40. The maximum absolute atomic E-state index is 10.8. The van der Waals surface area contributed by atoms with Gasteiger partial charge in [0.15, 0.2) is 0 Å². The number of rotatable bonds is 6. The molecule has 0 bridgehead atoms. The number of aliphatic carboxylic acids is 1. The first-order valence-electron chi connectivity index (χ1n) is 5.20. The van der Waals surface area contributed by atoms with Crippen LogP contribution in [0, 0.1) is 17.8 Å². The highest BCUT2D eigenvalue weighted by Crippen LogP contribution is 2.21. The van der Waals surface area contributed by atoms with Gasteiger partial charge >= 0.3 is 5.97 Å². The maximum Gasteiger partial charge on any atom is 0.306 e. The lowest BCUT2D eigenvalue weighted by atomic mass is 9.88. The Morgan fingerprint density at radius 2 is 1.77 bits per heavy atom. The molecule has 0 aromatic heterocycles. The van der Waals surface area contributed by atoms with Gasteiger partial charge < -0.3 is 5.11 Å². The molecule has 0 spiro atoms. The van der Waals surface area contributed by atoms with Gasteiger partial charge in [0.2, 0.25) is 0 Å². The van der Waals surface area contributed by atoms with Gasteiger partial charge in [-0.3, -0.25) is 4.79 Å². The van der Waals surface area contributed by atoms with Gasteiger partial charge in [-0.2, -0.15) is 0 Å². The number of hydrogen-bond acceptors (Lipinski definition) is 1. The molecule has 2 atom stereocenters. The first-order chi connectivity index (χ1) is 5.97. The standard InChI is InChI=1S/C11H22O2/c1-5-10(11(12)13)7-9(4)6-8(2)3/h8-10H,5-7H2,1-4H3,(H,12,13). The van der Waals surface area contributed by atoms with Gasteiger partial charge in [0.1, 0.15) is 0 Å². The summed E-state index contributed by atoms with van der Waals surface area (Å²) in [5.74, 6) is 0.411. The fraction of sp³-hybridized carbons (Fsp3) is 0.909. The second-order valence-electron chi connectivity index (χ2n) is 4.41. The van der Waals surface area contributed by atoms with Crippen molar-refractivity contribution in [3.8, 4) is 0 Å². The molecule has 13 heavy (non-hydrogen) atoms.